The van der Waals surface area contributed by atoms with Gasteiger partial charge in [-0.1, -0.05) is 47.2 Å². The zero-order valence-corrected chi connectivity index (χ0v) is 16.9. The molecule has 0 saturated heterocycles. The molecule has 28 heavy (non-hydrogen) atoms. The predicted molar refractivity (Wildman–Crippen MR) is 110 cm³/mol. The van der Waals surface area contributed by atoms with Crippen LogP contribution in [0.25, 0.3) is 0 Å². The number of thiazole rings is 1. The second-order valence-corrected chi connectivity index (χ2v) is 7.80. The lowest BCUT2D eigenvalue weighted by Crippen LogP contribution is -2.24. The summed E-state index contributed by atoms with van der Waals surface area (Å²) < 4.78 is 13.8. The van der Waals surface area contributed by atoms with E-state index in [9.17, 15) is 14.3 Å². The number of aryl methyl sites for hydroxylation is 2. The van der Waals surface area contributed by atoms with Crippen molar-refractivity contribution in [3.8, 4) is 5.88 Å². The van der Waals surface area contributed by atoms with Crippen molar-refractivity contribution in [2.45, 2.75) is 26.8 Å². The molecule has 146 valence electrons. The van der Waals surface area contributed by atoms with E-state index in [0.717, 1.165) is 16.8 Å². The lowest BCUT2D eigenvalue weighted by Gasteiger charge is -2.09. The number of nitrogens with one attached hydrogen (secondary N) is 2. The Morgan fingerprint density at radius 1 is 1.21 bits per heavy atom. The zero-order valence-electron chi connectivity index (χ0n) is 15.3. The Labute approximate surface area is 171 Å². The molecule has 1 aromatic heterocycles. The van der Waals surface area contributed by atoms with Gasteiger partial charge in [-0.15, -0.1) is 0 Å². The third kappa shape index (κ3) is 4.61. The molecule has 0 aliphatic carbocycles. The highest BCUT2D eigenvalue weighted by atomic mass is 35.5. The quantitative estimate of drug-likeness (QED) is 0.533. The van der Waals surface area contributed by atoms with Gasteiger partial charge in [0.15, 0.2) is 5.13 Å². The fraction of sp³-hybridized carbons (Fsp3) is 0.200. The van der Waals surface area contributed by atoms with Gasteiger partial charge in [-0.3, -0.25) is 4.79 Å². The molecular weight excluding hydrogens is 401 g/mol. The average molecular weight is 420 g/mol. The van der Waals surface area contributed by atoms with Crippen LogP contribution in [0.15, 0.2) is 36.4 Å². The van der Waals surface area contributed by atoms with Crippen molar-refractivity contribution in [2.24, 2.45) is 0 Å². The van der Waals surface area contributed by atoms with Gasteiger partial charge < -0.3 is 15.7 Å². The largest absolute Gasteiger partial charge is 0.492 e. The second-order valence-electron chi connectivity index (χ2n) is 6.31. The van der Waals surface area contributed by atoms with Crippen LogP contribution in [-0.4, -0.2) is 16.0 Å². The van der Waals surface area contributed by atoms with Crippen LogP contribution in [0.5, 0.6) is 5.88 Å². The predicted octanol–water partition coefficient (Wildman–Crippen LogP) is 4.86. The first-order chi connectivity index (χ1) is 13.3. The van der Waals surface area contributed by atoms with Crippen LogP contribution in [0.1, 0.15) is 21.6 Å². The SMILES string of the molecule is Cc1cccc(C)c1Nc1nc(O)c(CC(=O)NCc2c(F)cccc2Cl)s1. The third-order valence-electron chi connectivity index (χ3n) is 4.23. The van der Waals surface area contributed by atoms with Crippen molar-refractivity contribution in [3.05, 3.63) is 68.8 Å². The summed E-state index contributed by atoms with van der Waals surface area (Å²) in [5.74, 6) is -1.04. The van der Waals surface area contributed by atoms with Crippen LogP contribution >= 0.6 is 22.9 Å². The van der Waals surface area contributed by atoms with Crippen molar-refractivity contribution in [1.29, 1.82) is 0 Å². The molecule has 0 spiro atoms. The number of halogens is 2. The van der Waals surface area contributed by atoms with Crippen molar-refractivity contribution in [1.82, 2.24) is 10.3 Å². The van der Waals surface area contributed by atoms with E-state index in [-0.39, 0.29) is 35.3 Å². The smallest absolute Gasteiger partial charge is 0.227 e. The van der Waals surface area contributed by atoms with Crippen LogP contribution < -0.4 is 10.6 Å². The highest BCUT2D eigenvalue weighted by Crippen LogP contribution is 2.32. The topological polar surface area (TPSA) is 74.2 Å². The molecule has 3 N–H and O–H groups in total. The summed E-state index contributed by atoms with van der Waals surface area (Å²) in [6, 6.07) is 10.3. The standard InChI is InChI=1S/C20H19ClFN3O2S/c1-11-5-3-6-12(2)18(11)24-20-25-19(27)16(28-20)9-17(26)23-10-13-14(21)7-4-8-15(13)22/h3-8,27H,9-10H2,1-2H3,(H,23,26)(H,24,25). The lowest BCUT2D eigenvalue weighted by molar-refractivity contribution is -0.120. The minimum atomic E-state index is -0.478. The average Bonchev–Trinajstić information content (AvgIpc) is 2.97. The molecule has 3 rings (SSSR count). The molecule has 2 aromatic carbocycles. The van der Waals surface area contributed by atoms with Crippen LogP contribution in [0.2, 0.25) is 5.02 Å². The number of hydrogen-bond acceptors (Lipinski definition) is 5. The van der Waals surface area contributed by atoms with E-state index in [4.69, 9.17) is 11.6 Å². The Morgan fingerprint density at radius 2 is 1.89 bits per heavy atom. The summed E-state index contributed by atoms with van der Waals surface area (Å²) in [6.07, 6.45) is -0.0655. The van der Waals surface area contributed by atoms with E-state index < -0.39 is 5.82 Å². The van der Waals surface area contributed by atoms with Crippen molar-refractivity contribution < 1.29 is 14.3 Å². The van der Waals surface area contributed by atoms with Gasteiger partial charge >= 0.3 is 0 Å². The van der Waals surface area contributed by atoms with Crippen LogP contribution in [0.3, 0.4) is 0 Å². The van der Waals surface area contributed by atoms with Crippen LogP contribution in [0, 0.1) is 19.7 Å². The van der Waals surface area contributed by atoms with E-state index in [1.165, 1.54) is 23.5 Å². The number of amides is 1. The Balaban J connectivity index is 1.66. The Bertz CT molecular complexity index is 982. The summed E-state index contributed by atoms with van der Waals surface area (Å²) >= 11 is 7.15. The number of carbonyl (C=O) groups is 1. The van der Waals surface area contributed by atoms with Crippen LogP contribution in [-0.2, 0) is 17.8 Å². The lowest BCUT2D eigenvalue weighted by atomic mass is 10.1. The van der Waals surface area contributed by atoms with Gasteiger partial charge in [0, 0.05) is 22.8 Å². The van der Waals surface area contributed by atoms with Gasteiger partial charge in [0.2, 0.25) is 11.8 Å². The molecular formula is C20H19ClFN3O2S. The summed E-state index contributed by atoms with van der Waals surface area (Å²) in [5, 5.41) is 16.6. The number of para-hydroxylation sites is 1. The van der Waals surface area contributed by atoms with Gasteiger partial charge in [-0.05, 0) is 37.1 Å². The Hall–Kier alpha value is -2.64. The van der Waals surface area contributed by atoms with E-state index in [0.29, 0.717) is 10.0 Å². The van der Waals surface area contributed by atoms with Gasteiger partial charge in [0.1, 0.15) is 5.82 Å². The van der Waals surface area contributed by atoms with E-state index in [1.807, 2.05) is 32.0 Å². The van der Waals surface area contributed by atoms with E-state index in [2.05, 4.69) is 15.6 Å². The molecule has 0 fully saturated rings. The summed E-state index contributed by atoms with van der Waals surface area (Å²) in [7, 11) is 0. The molecule has 5 nitrogen and oxygen atoms in total. The molecule has 0 radical (unpaired) electrons. The maximum atomic E-state index is 13.8. The Morgan fingerprint density at radius 3 is 2.57 bits per heavy atom. The number of anilines is 2. The first-order valence-electron chi connectivity index (χ1n) is 8.56. The Kier molecular flexibility index (Phi) is 6.16. The number of rotatable bonds is 6. The summed E-state index contributed by atoms with van der Waals surface area (Å²) in [5.41, 5.74) is 3.25. The molecule has 1 heterocycles. The minimum absolute atomic E-state index is 0.0303. The number of aromatic hydroxyl groups is 1. The van der Waals surface area contributed by atoms with E-state index in [1.54, 1.807) is 6.07 Å². The molecule has 3 aromatic rings. The fourth-order valence-corrected chi connectivity index (χ4v) is 3.82. The van der Waals surface area contributed by atoms with Crippen molar-refractivity contribution in [2.75, 3.05) is 5.32 Å². The zero-order chi connectivity index (χ0) is 20.3. The molecule has 1 amide bonds. The summed E-state index contributed by atoms with van der Waals surface area (Å²) in [4.78, 5) is 16.7. The van der Waals surface area contributed by atoms with E-state index >= 15 is 0 Å². The van der Waals surface area contributed by atoms with Gasteiger partial charge in [0.25, 0.3) is 0 Å². The molecule has 0 bridgehead atoms. The molecule has 0 aliphatic heterocycles. The molecule has 0 saturated carbocycles. The maximum absolute atomic E-state index is 13.8. The number of aromatic nitrogens is 1. The van der Waals surface area contributed by atoms with Crippen LogP contribution in [0.4, 0.5) is 15.2 Å². The molecule has 0 atom stereocenters. The molecule has 8 heteroatoms. The number of nitrogens with zero attached hydrogens (tertiary/aromatic N) is 1. The van der Waals surface area contributed by atoms with Gasteiger partial charge in [-0.25, -0.2) is 4.39 Å². The first kappa shape index (κ1) is 20.1. The van der Waals surface area contributed by atoms with Crippen molar-refractivity contribution >= 4 is 39.7 Å². The number of carbonyl (C=O) groups excluding carboxylic acids is 1. The summed E-state index contributed by atoms with van der Waals surface area (Å²) in [6.45, 7) is 3.92. The molecule has 0 unspecified atom stereocenters. The highest BCUT2D eigenvalue weighted by Gasteiger charge is 2.16. The van der Waals surface area contributed by atoms with Crippen molar-refractivity contribution in [3.63, 3.8) is 0 Å². The first-order valence-corrected chi connectivity index (χ1v) is 9.76. The van der Waals surface area contributed by atoms with Gasteiger partial charge in [-0.2, -0.15) is 4.98 Å². The minimum Gasteiger partial charge on any atom is -0.492 e. The number of benzene rings is 2. The molecule has 0 aliphatic rings. The maximum Gasteiger partial charge on any atom is 0.227 e. The normalized spacial score (nSPS) is 10.7. The number of hydrogen-bond donors (Lipinski definition) is 3. The monoisotopic (exact) mass is 419 g/mol. The fourth-order valence-electron chi connectivity index (χ4n) is 2.73. The second kappa shape index (κ2) is 8.58. The third-order valence-corrected chi connectivity index (χ3v) is 5.55. The highest BCUT2D eigenvalue weighted by molar-refractivity contribution is 7.16. The van der Waals surface area contributed by atoms with Gasteiger partial charge in [0.05, 0.1) is 11.3 Å².